The SMILES string of the molecule is OC(CC1CCCN1CC(F)(F)F)c1ccccc1. The van der Waals surface area contributed by atoms with Gasteiger partial charge in [0.2, 0.25) is 0 Å². The van der Waals surface area contributed by atoms with Crippen LogP contribution in [0, 0.1) is 0 Å². The van der Waals surface area contributed by atoms with Crippen molar-refractivity contribution in [2.24, 2.45) is 0 Å². The van der Waals surface area contributed by atoms with Crippen LogP contribution in [0.25, 0.3) is 0 Å². The highest BCUT2D eigenvalue weighted by Gasteiger charge is 2.36. The maximum absolute atomic E-state index is 12.4. The van der Waals surface area contributed by atoms with Gasteiger partial charge in [0.05, 0.1) is 12.6 Å². The second-order valence-corrected chi connectivity index (χ2v) is 5.04. The number of hydrogen-bond acceptors (Lipinski definition) is 2. The zero-order valence-corrected chi connectivity index (χ0v) is 10.6. The van der Waals surface area contributed by atoms with Gasteiger partial charge in [-0.25, -0.2) is 0 Å². The molecule has 0 bridgehead atoms. The minimum atomic E-state index is -4.17. The first-order valence-electron chi connectivity index (χ1n) is 6.49. The van der Waals surface area contributed by atoms with Crippen LogP contribution in [0.5, 0.6) is 0 Å². The van der Waals surface area contributed by atoms with Crippen molar-refractivity contribution in [2.45, 2.75) is 37.6 Å². The van der Waals surface area contributed by atoms with Gasteiger partial charge in [-0.05, 0) is 31.4 Å². The molecule has 0 saturated carbocycles. The molecule has 0 radical (unpaired) electrons. The molecule has 5 heteroatoms. The quantitative estimate of drug-likeness (QED) is 0.911. The average Bonchev–Trinajstić information content (AvgIpc) is 2.75. The van der Waals surface area contributed by atoms with E-state index in [0.29, 0.717) is 13.0 Å². The lowest BCUT2D eigenvalue weighted by Crippen LogP contribution is -2.38. The summed E-state index contributed by atoms with van der Waals surface area (Å²) in [5.74, 6) is 0. The van der Waals surface area contributed by atoms with E-state index in [0.717, 1.165) is 18.4 Å². The van der Waals surface area contributed by atoms with Gasteiger partial charge in [-0.3, -0.25) is 4.90 Å². The number of alkyl halides is 3. The molecule has 2 atom stereocenters. The Hall–Kier alpha value is -1.07. The van der Waals surface area contributed by atoms with Crippen LogP contribution in [0.4, 0.5) is 13.2 Å². The summed E-state index contributed by atoms with van der Waals surface area (Å²) >= 11 is 0. The molecule has 1 aromatic rings. The first-order valence-corrected chi connectivity index (χ1v) is 6.49. The average molecular weight is 273 g/mol. The standard InChI is InChI=1S/C14H18F3NO/c15-14(16,17)10-18-8-4-7-12(18)9-13(19)11-5-2-1-3-6-11/h1-3,5-6,12-13,19H,4,7-10H2. The first kappa shape index (κ1) is 14.3. The molecule has 19 heavy (non-hydrogen) atoms. The lowest BCUT2D eigenvalue weighted by atomic mass is 10.0. The third-order valence-corrected chi connectivity index (χ3v) is 3.56. The second kappa shape index (κ2) is 5.92. The van der Waals surface area contributed by atoms with E-state index >= 15 is 0 Å². The molecule has 2 unspecified atom stereocenters. The topological polar surface area (TPSA) is 23.5 Å². The Bertz CT molecular complexity index is 393. The van der Waals surface area contributed by atoms with Crippen molar-refractivity contribution in [3.8, 4) is 0 Å². The van der Waals surface area contributed by atoms with Crippen molar-refractivity contribution in [3.05, 3.63) is 35.9 Å². The van der Waals surface area contributed by atoms with Gasteiger partial charge < -0.3 is 5.11 Å². The molecule has 2 rings (SSSR count). The van der Waals surface area contributed by atoms with Crippen LogP contribution in [-0.2, 0) is 0 Å². The van der Waals surface area contributed by atoms with Gasteiger partial charge in [-0.2, -0.15) is 13.2 Å². The van der Waals surface area contributed by atoms with Gasteiger partial charge in [0.15, 0.2) is 0 Å². The molecule has 0 aliphatic carbocycles. The number of benzene rings is 1. The van der Waals surface area contributed by atoms with E-state index in [9.17, 15) is 18.3 Å². The maximum Gasteiger partial charge on any atom is 0.401 e. The summed E-state index contributed by atoms with van der Waals surface area (Å²) in [6.45, 7) is -0.412. The zero-order chi connectivity index (χ0) is 13.9. The number of likely N-dealkylation sites (tertiary alicyclic amines) is 1. The van der Waals surface area contributed by atoms with E-state index in [1.807, 2.05) is 18.2 Å². The van der Waals surface area contributed by atoms with Crippen LogP contribution < -0.4 is 0 Å². The second-order valence-electron chi connectivity index (χ2n) is 5.04. The van der Waals surface area contributed by atoms with E-state index in [2.05, 4.69) is 0 Å². The fourth-order valence-electron chi connectivity index (χ4n) is 2.67. The first-order chi connectivity index (χ1) is 8.96. The smallest absolute Gasteiger partial charge is 0.388 e. The van der Waals surface area contributed by atoms with Crippen molar-refractivity contribution in [2.75, 3.05) is 13.1 Å². The Balaban J connectivity index is 1.94. The minimum Gasteiger partial charge on any atom is -0.388 e. The number of hydrogen-bond donors (Lipinski definition) is 1. The van der Waals surface area contributed by atoms with Crippen LogP contribution in [0.15, 0.2) is 30.3 Å². The maximum atomic E-state index is 12.4. The monoisotopic (exact) mass is 273 g/mol. The summed E-state index contributed by atoms with van der Waals surface area (Å²) in [5.41, 5.74) is 0.765. The molecule has 106 valence electrons. The third kappa shape index (κ3) is 4.21. The molecule has 0 amide bonds. The highest BCUT2D eigenvalue weighted by molar-refractivity contribution is 5.17. The van der Waals surface area contributed by atoms with Gasteiger partial charge in [0.25, 0.3) is 0 Å². The molecule has 1 aliphatic heterocycles. The van der Waals surface area contributed by atoms with E-state index in [1.165, 1.54) is 4.90 Å². The van der Waals surface area contributed by atoms with Gasteiger partial charge in [0.1, 0.15) is 0 Å². The van der Waals surface area contributed by atoms with Gasteiger partial charge >= 0.3 is 6.18 Å². The Kier molecular flexibility index (Phi) is 4.47. The molecular weight excluding hydrogens is 255 g/mol. The Morgan fingerprint density at radius 2 is 1.95 bits per heavy atom. The third-order valence-electron chi connectivity index (χ3n) is 3.56. The Labute approximate surface area is 110 Å². The van der Waals surface area contributed by atoms with E-state index in [4.69, 9.17) is 0 Å². The molecule has 2 nitrogen and oxygen atoms in total. The Morgan fingerprint density at radius 1 is 1.26 bits per heavy atom. The molecule has 0 aromatic heterocycles. The molecule has 1 aromatic carbocycles. The number of nitrogens with zero attached hydrogens (tertiary/aromatic N) is 1. The highest BCUT2D eigenvalue weighted by atomic mass is 19.4. The van der Waals surface area contributed by atoms with Gasteiger partial charge in [0, 0.05) is 6.04 Å². The molecule has 1 N–H and O–H groups in total. The van der Waals surface area contributed by atoms with Crippen molar-refractivity contribution in [1.82, 2.24) is 4.90 Å². The van der Waals surface area contributed by atoms with Crippen molar-refractivity contribution < 1.29 is 18.3 Å². The summed E-state index contributed by atoms with van der Waals surface area (Å²) in [6, 6.07) is 8.90. The summed E-state index contributed by atoms with van der Waals surface area (Å²) in [6.07, 6.45) is -3.01. The number of aliphatic hydroxyl groups excluding tert-OH is 1. The van der Waals surface area contributed by atoms with Crippen LogP contribution in [0.3, 0.4) is 0 Å². The predicted octanol–water partition coefficient (Wildman–Crippen LogP) is 3.14. The van der Waals surface area contributed by atoms with Crippen LogP contribution in [0.1, 0.15) is 30.9 Å². The molecule has 1 fully saturated rings. The number of halogens is 3. The summed E-state index contributed by atoms with van der Waals surface area (Å²) < 4.78 is 37.3. The van der Waals surface area contributed by atoms with Crippen molar-refractivity contribution in [1.29, 1.82) is 0 Å². The molecule has 1 heterocycles. The van der Waals surface area contributed by atoms with Crippen LogP contribution >= 0.6 is 0 Å². The number of aliphatic hydroxyl groups is 1. The fraction of sp³-hybridized carbons (Fsp3) is 0.571. The van der Waals surface area contributed by atoms with Gasteiger partial charge in [-0.1, -0.05) is 30.3 Å². The van der Waals surface area contributed by atoms with Crippen molar-refractivity contribution >= 4 is 0 Å². The van der Waals surface area contributed by atoms with E-state index in [-0.39, 0.29) is 6.04 Å². The predicted molar refractivity (Wildman–Crippen MR) is 66.7 cm³/mol. The van der Waals surface area contributed by atoms with E-state index in [1.54, 1.807) is 12.1 Å². The largest absolute Gasteiger partial charge is 0.401 e. The molecule has 1 aliphatic rings. The van der Waals surface area contributed by atoms with Crippen LogP contribution in [-0.4, -0.2) is 35.3 Å². The highest BCUT2D eigenvalue weighted by Crippen LogP contribution is 2.29. The molecular formula is C14H18F3NO. The zero-order valence-electron chi connectivity index (χ0n) is 10.6. The minimum absolute atomic E-state index is 0.183. The molecule has 1 saturated heterocycles. The van der Waals surface area contributed by atoms with E-state index < -0.39 is 18.8 Å². The summed E-state index contributed by atoms with van der Waals surface area (Å²) in [7, 11) is 0. The lowest BCUT2D eigenvalue weighted by molar-refractivity contribution is -0.148. The summed E-state index contributed by atoms with van der Waals surface area (Å²) in [4.78, 5) is 1.44. The molecule has 0 spiro atoms. The van der Waals surface area contributed by atoms with Crippen LogP contribution in [0.2, 0.25) is 0 Å². The normalized spacial score (nSPS) is 22.6. The Morgan fingerprint density at radius 3 is 2.58 bits per heavy atom. The van der Waals surface area contributed by atoms with Gasteiger partial charge in [-0.15, -0.1) is 0 Å². The lowest BCUT2D eigenvalue weighted by Gasteiger charge is -2.27. The summed E-state index contributed by atoms with van der Waals surface area (Å²) in [5, 5.41) is 10.1. The van der Waals surface area contributed by atoms with Crippen molar-refractivity contribution in [3.63, 3.8) is 0 Å². The number of rotatable bonds is 4. The fourth-order valence-corrected chi connectivity index (χ4v) is 2.67.